The van der Waals surface area contributed by atoms with E-state index >= 15 is 0 Å². The molecule has 0 radical (unpaired) electrons. The Hall–Kier alpha value is -2.90. The van der Waals surface area contributed by atoms with Crippen molar-refractivity contribution in [3.63, 3.8) is 0 Å². The van der Waals surface area contributed by atoms with Gasteiger partial charge in [-0.05, 0) is 31.2 Å². The molecule has 156 valence electrons. The number of amides is 4. The number of esters is 1. The number of hydrogen-bond donors (Lipinski definition) is 2. The Labute approximate surface area is 170 Å². The van der Waals surface area contributed by atoms with Gasteiger partial charge in [-0.2, -0.15) is 0 Å². The number of nitrogens with zero attached hydrogens (tertiary/aromatic N) is 1. The number of carbonyl (C=O) groups is 4. The maximum atomic E-state index is 12.8. The van der Waals surface area contributed by atoms with Crippen LogP contribution in [-0.2, 0) is 19.1 Å². The Kier molecular flexibility index (Phi) is 6.20. The molecule has 1 heterocycles. The van der Waals surface area contributed by atoms with Crippen LogP contribution >= 0.6 is 0 Å². The van der Waals surface area contributed by atoms with Crippen LogP contribution in [0.3, 0.4) is 0 Å². The van der Waals surface area contributed by atoms with Crippen LogP contribution in [0.5, 0.6) is 0 Å². The molecule has 1 saturated carbocycles. The predicted octanol–water partition coefficient (Wildman–Crippen LogP) is 1.91. The Morgan fingerprint density at radius 2 is 2.00 bits per heavy atom. The lowest BCUT2D eigenvalue weighted by Crippen LogP contribution is -2.54. The molecule has 0 aromatic heterocycles. The van der Waals surface area contributed by atoms with Crippen molar-refractivity contribution >= 4 is 23.8 Å². The number of hydrogen-bond acceptors (Lipinski definition) is 5. The van der Waals surface area contributed by atoms with Crippen LogP contribution in [0, 0.1) is 5.92 Å². The Morgan fingerprint density at radius 1 is 1.28 bits per heavy atom. The highest BCUT2D eigenvalue weighted by atomic mass is 16.5. The summed E-state index contributed by atoms with van der Waals surface area (Å²) in [5.41, 5.74) is 0.0105. The summed E-state index contributed by atoms with van der Waals surface area (Å²) >= 11 is 0. The van der Waals surface area contributed by atoms with Crippen LogP contribution in [-0.4, -0.2) is 47.4 Å². The monoisotopic (exact) mass is 401 g/mol. The van der Waals surface area contributed by atoms with Gasteiger partial charge < -0.3 is 15.4 Å². The molecule has 1 aliphatic heterocycles. The molecule has 1 saturated heterocycles. The van der Waals surface area contributed by atoms with E-state index in [4.69, 9.17) is 4.74 Å². The molecule has 0 bridgehead atoms. The van der Waals surface area contributed by atoms with Crippen LogP contribution in [0.25, 0.3) is 0 Å². The topological polar surface area (TPSA) is 105 Å². The first-order chi connectivity index (χ1) is 13.8. The maximum absolute atomic E-state index is 12.8. The molecule has 8 heteroatoms. The van der Waals surface area contributed by atoms with E-state index in [2.05, 4.69) is 10.6 Å². The molecule has 4 amide bonds. The molecule has 1 aromatic rings. The van der Waals surface area contributed by atoms with E-state index in [0.717, 1.165) is 29.7 Å². The molecule has 1 aliphatic carbocycles. The highest BCUT2D eigenvalue weighted by molar-refractivity contribution is 6.09. The summed E-state index contributed by atoms with van der Waals surface area (Å²) in [6.45, 7) is 2.80. The summed E-state index contributed by atoms with van der Waals surface area (Å²) in [7, 11) is 0. The highest BCUT2D eigenvalue weighted by Gasteiger charge is 2.55. The van der Waals surface area contributed by atoms with Gasteiger partial charge >= 0.3 is 12.0 Å². The van der Waals surface area contributed by atoms with Gasteiger partial charge in [-0.3, -0.25) is 19.3 Å². The average molecular weight is 401 g/mol. The largest absolute Gasteiger partial charge is 0.454 e. The quantitative estimate of drug-likeness (QED) is 0.560. The molecule has 2 fully saturated rings. The molecule has 29 heavy (non-hydrogen) atoms. The fourth-order valence-electron chi connectivity index (χ4n) is 4.07. The first kappa shape index (κ1) is 20.8. The standard InChI is InChI=1S/C21H27N3O5/c1-14-8-6-7-11-21(14)19(27)24(20(28)23-21)12-18(26)29-13-17(25)22-15(2)16-9-4-3-5-10-16/h3-5,9-10,14-15H,6-8,11-13H2,1-2H3,(H,22,25)(H,23,28)/t14-,15-,21-/m0/s1. The summed E-state index contributed by atoms with van der Waals surface area (Å²) in [6.07, 6.45) is 3.30. The van der Waals surface area contributed by atoms with Crippen LogP contribution in [0.15, 0.2) is 30.3 Å². The maximum Gasteiger partial charge on any atom is 0.326 e. The lowest BCUT2D eigenvalue weighted by atomic mass is 9.73. The highest BCUT2D eigenvalue weighted by Crippen LogP contribution is 2.38. The molecule has 3 atom stereocenters. The minimum absolute atomic E-state index is 0.0129. The van der Waals surface area contributed by atoms with E-state index in [9.17, 15) is 19.2 Å². The van der Waals surface area contributed by atoms with Gasteiger partial charge in [-0.1, -0.05) is 50.1 Å². The van der Waals surface area contributed by atoms with Crippen molar-refractivity contribution < 1.29 is 23.9 Å². The second-order valence-electron chi connectivity index (χ2n) is 7.80. The average Bonchev–Trinajstić information content (AvgIpc) is 2.94. The summed E-state index contributed by atoms with van der Waals surface area (Å²) in [5, 5.41) is 5.52. The van der Waals surface area contributed by atoms with Crippen molar-refractivity contribution in [1.82, 2.24) is 15.5 Å². The number of urea groups is 1. The van der Waals surface area contributed by atoms with E-state index in [1.165, 1.54) is 0 Å². The van der Waals surface area contributed by atoms with Gasteiger partial charge in [0.2, 0.25) is 0 Å². The Bertz CT molecular complexity index is 797. The second kappa shape index (κ2) is 8.63. The summed E-state index contributed by atoms with van der Waals surface area (Å²) in [5.74, 6) is -1.62. The first-order valence-corrected chi connectivity index (χ1v) is 9.97. The van der Waals surface area contributed by atoms with Crippen molar-refractivity contribution in [2.45, 2.75) is 51.1 Å². The molecular weight excluding hydrogens is 374 g/mol. The van der Waals surface area contributed by atoms with Crippen LogP contribution in [0.4, 0.5) is 4.79 Å². The van der Waals surface area contributed by atoms with Gasteiger partial charge in [0.05, 0.1) is 6.04 Å². The Balaban J connectivity index is 1.50. The summed E-state index contributed by atoms with van der Waals surface area (Å²) in [4.78, 5) is 50.2. The molecule has 2 N–H and O–H groups in total. The molecule has 2 aliphatic rings. The van der Waals surface area contributed by atoms with Gasteiger partial charge in [-0.25, -0.2) is 4.79 Å². The number of imide groups is 1. The SMILES string of the molecule is C[C@H](NC(=O)COC(=O)CN1C(=O)N[C@]2(CCCC[C@@H]2C)C1=O)c1ccccc1. The number of rotatable bonds is 6. The number of benzene rings is 1. The third kappa shape index (κ3) is 4.41. The van der Waals surface area contributed by atoms with Crippen LogP contribution in [0.2, 0.25) is 0 Å². The summed E-state index contributed by atoms with van der Waals surface area (Å²) < 4.78 is 4.98. The fraction of sp³-hybridized carbons (Fsp3) is 0.524. The summed E-state index contributed by atoms with van der Waals surface area (Å²) in [6, 6.07) is 8.58. The predicted molar refractivity (Wildman–Crippen MR) is 105 cm³/mol. The minimum Gasteiger partial charge on any atom is -0.454 e. The number of carbonyl (C=O) groups excluding carboxylic acids is 4. The molecule has 1 aromatic carbocycles. The fourth-order valence-corrected chi connectivity index (χ4v) is 4.07. The van der Waals surface area contributed by atoms with E-state index in [1.807, 2.05) is 44.2 Å². The van der Waals surface area contributed by atoms with Gasteiger partial charge in [-0.15, -0.1) is 0 Å². The lowest BCUT2D eigenvalue weighted by molar-refractivity contribution is -0.151. The smallest absolute Gasteiger partial charge is 0.326 e. The number of ether oxygens (including phenoxy) is 1. The zero-order valence-corrected chi connectivity index (χ0v) is 16.8. The van der Waals surface area contributed by atoms with E-state index < -0.39 is 36.6 Å². The van der Waals surface area contributed by atoms with E-state index in [1.54, 1.807) is 0 Å². The van der Waals surface area contributed by atoms with Crippen LogP contribution in [0.1, 0.15) is 51.1 Å². The molecule has 0 unspecified atom stereocenters. The normalized spacial score (nSPS) is 24.9. The van der Waals surface area contributed by atoms with Gasteiger partial charge in [0.15, 0.2) is 6.61 Å². The number of nitrogens with one attached hydrogen (secondary N) is 2. The van der Waals surface area contributed by atoms with Gasteiger partial charge in [0.1, 0.15) is 12.1 Å². The van der Waals surface area contributed by atoms with Gasteiger partial charge in [0, 0.05) is 0 Å². The second-order valence-corrected chi connectivity index (χ2v) is 7.80. The van der Waals surface area contributed by atoms with E-state index in [0.29, 0.717) is 6.42 Å². The Morgan fingerprint density at radius 3 is 2.69 bits per heavy atom. The first-order valence-electron chi connectivity index (χ1n) is 9.97. The van der Waals surface area contributed by atoms with Gasteiger partial charge in [0.25, 0.3) is 11.8 Å². The van der Waals surface area contributed by atoms with Crippen molar-refractivity contribution in [2.75, 3.05) is 13.2 Å². The molecule has 1 spiro atoms. The van der Waals surface area contributed by atoms with Crippen molar-refractivity contribution in [1.29, 1.82) is 0 Å². The van der Waals surface area contributed by atoms with Crippen LogP contribution < -0.4 is 10.6 Å². The third-order valence-electron chi connectivity index (χ3n) is 5.83. The third-order valence-corrected chi connectivity index (χ3v) is 5.83. The van der Waals surface area contributed by atoms with Crippen molar-refractivity contribution in [3.8, 4) is 0 Å². The van der Waals surface area contributed by atoms with Crippen molar-refractivity contribution in [3.05, 3.63) is 35.9 Å². The van der Waals surface area contributed by atoms with E-state index in [-0.39, 0.29) is 17.9 Å². The molecule has 8 nitrogen and oxygen atoms in total. The lowest BCUT2D eigenvalue weighted by Gasteiger charge is -2.36. The zero-order valence-electron chi connectivity index (χ0n) is 16.8. The molecular formula is C21H27N3O5. The van der Waals surface area contributed by atoms with Crippen molar-refractivity contribution in [2.24, 2.45) is 5.92 Å². The zero-order chi connectivity index (χ0) is 21.0. The minimum atomic E-state index is -0.919. The molecule has 3 rings (SSSR count).